The third kappa shape index (κ3) is 2.52. The van der Waals surface area contributed by atoms with Crippen molar-refractivity contribution in [3.63, 3.8) is 0 Å². The zero-order valence-electron chi connectivity index (χ0n) is 12.3. The molecule has 0 aliphatic heterocycles. The monoisotopic (exact) mass is 392 g/mol. The van der Waals surface area contributed by atoms with E-state index in [1.807, 2.05) is 0 Å². The molecule has 0 atom stereocenters. The van der Waals surface area contributed by atoms with Crippen LogP contribution in [0.2, 0.25) is 0 Å². The van der Waals surface area contributed by atoms with Crippen molar-refractivity contribution in [2.24, 2.45) is 7.05 Å². The molecule has 1 fully saturated rings. The van der Waals surface area contributed by atoms with Crippen molar-refractivity contribution in [1.82, 2.24) is 9.36 Å². The fraction of sp³-hybridized carbons (Fsp3) is 0.400. The predicted molar refractivity (Wildman–Crippen MR) is 80.4 cm³/mol. The summed E-state index contributed by atoms with van der Waals surface area (Å²) in [5.41, 5.74) is -1.96. The topological polar surface area (TPSA) is 26.9 Å². The number of hydrogen-bond acceptors (Lipinski definition) is 1. The van der Waals surface area contributed by atoms with E-state index in [0.717, 1.165) is 29.7 Å². The molecule has 1 aromatic carbocycles. The lowest BCUT2D eigenvalue weighted by Crippen LogP contribution is -2.25. The van der Waals surface area contributed by atoms with E-state index in [-0.39, 0.29) is 16.0 Å². The molecule has 1 aliphatic carbocycles. The van der Waals surface area contributed by atoms with Crippen LogP contribution >= 0.6 is 15.9 Å². The summed E-state index contributed by atoms with van der Waals surface area (Å²) in [6.07, 6.45) is -3.05. The fourth-order valence-corrected chi connectivity index (χ4v) is 3.49. The van der Waals surface area contributed by atoms with Crippen molar-refractivity contribution < 1.29 is 17.6 Å². The van der Waals surface area contributed by atoms with E-state index < -0.39 is 28.8 Å². The summed E-state index contributed by atoms with van der Waals surface area (Å²) in [6, 6.07) is 1.87. The van der Waals surface area contributed by atoms with Gasteiger partial charge in [0.05, 0.1) is 11.3 Å². The lowest BCUT2D eigenvalue weighted by molar-refractivity contribution is -0.137. The molecule has 0 bridgehead atoms. The Balaban J connectivity index is 2.38. The van der Waals surface area contributed by atoms with Crippen LogP contribution in [0.4, 0.5) is 17.6 Å². The van der Waals surface area contributed by atoms with Gasteiger partial charge in [-0.3, -0.25) is 9.48 Å². The normalized spacial score (nSPS) is 15.3. The van der Waals surface area contributed by atoms with Crippen molar-refractivity contribution in [2.75, 3.05) is 0 Å². The molecule has 1 aromatic heterocycles. The fourth-order valence-electron chi connectivity index (χ4n) is 2.74. The molecule has 3 rings (SSSR count). The molecular formula is C15H13BrF4N2O. The molecule has 23 heavy (non-hydrogen) atoms. The summed E-state index contributed by atoms with van der Waals surface area (Å²) >= 11 is 3.15. The van der Waals surface area contributed by atoms with Crippen LogP contribution in [0, 0.1) is 12.7 Å². The Kier molecular flexibility index (Phi) is 3.70. The Bertz CT molecular complexity index is 847. The van der Waals surface area contributed by atoms with Crippen molar-refractivity contribution >= 4 is 15.9 Å². The van der Waals surface area contributed by atoms with Crippen LogP contribution in [0.15, 0.2) is 21.4 Å². The molecule has 1 heterocycles. The first-order valence-corrected chi connectivity index (χ1v) is 7.78. The van der Waals surface area contributed by atoms with Gasteiger partial charge in [0.25, 0.3) is 5.56 Å². The largest absolute Gasteiger partial charge is 0.418 e. The Morgan fingerprint density at radius 1 is 1.26 bits per heavy atom. The Hall–Kier alpha value is -1.57. The molecule has 1 aliphatic rings. The Morgan fingerprint density at radius 2 is 1.87 bits per heavy atom. The molecule has 124 valence electrons. The van der Waals surface area contributed by atoms with Gasteiger partial charge in [-0.05, 0) is 47.3 Å². The minimum atomic E-state index is -4.76. The second-order valence-corrected chi connectivity index (χ2v) is 6.50. The maximum Gasteiger partial charge on any atom is 0.418 e. The second kappa shape index (κ2) is 5.22. The SMILES string of the molecule is Cc1ccc(C(F)(F)F)c(-n2c(=O)c(Br)c(C3CC3)n2C)c1F. The first kappa shape index (κ1) is 16.3. The molecule has 2 aromatic rings. The number of aromatic nitrogens is 2. The maximum atomic E-state index is 14.5. The van der Waals surface area contributed by atoms with Gasteiger partial charge >= 0.3 is 6.18 Å². The molecule has 1 saturated carbocycles. The van der Waals surface area contributed by atoms with Crippen LogP contribution in [0.1, 0.15) is 35.6 Å². The highest BCUT2D eigenvalue weighted by molar-refractivity contribution is 9.10. The molecule has 8 heteroatoms. The smallest absolute Gasteiger partial charge is 0.283 e. The van der Waals surface area contributed by atoms with Gasteiger partial charge in [-0.1, -0.05) is 6.07 Å². The summed E-state index contributed by atoms with van der Waals surface area (Å²) in [6.45, 7) is 1.36. The number of halogens is 5. The first-order valence-electron chi connectivity index (χ1n) is 6.98. The van der Waals surface area contributed by atoms with Gasteiger partial charge in [-0.2, -0.15) is 13.2 Å². The maximum absolute atomic E-state index is 14.5. The molecule has 0 spiro atoms. The molecule has 0 saturated heterocycles. The van der Waals surface area contributed by atoms with Gasteiger partial charge in [0, 0.05) is 13.0 Å². The lowest BCUT2D eigenvalue weighted by atomic mass is 10.1. The van der Waals surface area contributed by atoms with E-state index in [1.54, 1.807) is 0 Å². The Morgan fingerprint density at radius 3 is 2.39 bits per heavy atom. The highest BCUT2D eigenvalue weighted by atomic mass is 79.9. The summed E-state index contributed by atoms with van der Waals surface area (Å²) < 4.78 is 56.6. The summed E-state index contributed by atoms with van der Waals surface area (Å²) in [5, 5.41) is 0. The average Bonchev–Trinajstić information content (AvgIpc) is 3.23. The van der Waals surface area contributed by atoms with Gasteiger partial charge in [0.2, 0.25) is 0 Å². The molecule has 0 radical (unpaired) electrons. The third-order valence-corrected chi connectivity index (χ3v) is 4.79. The number of aryl methyl sites for hydroxylation is 1. The standard InChI is InChI=1S/C15H13BrF4N2O/c1-7-3-6-9(15(18,19)20)13(11(7)17)22-14(23)10(16)12(21(22)2)8-4-5-8/h3,6,8H,4-5H2,1-2H3. The minimum absolute atomic E-state index is 0.0465. The number of alkyl halides is 3. The number of benzene rings is 1. The van der Waals surface area contributed by atoms with E-state index in [9.17, 15) is 22.4 Å². The third-order valence-electron chi connectivity index (χ3n) is 4.04. The molecular weight excluding hydrogens is 380 g/mol. The zero-order valence-corrected chi connectivity index (χ0v) is 13.9. The number of rotatable bonds is 2. The van der Waals surface area contributed by atoms with E-state index in [2.05, 4.69) is 15.9 Å². The van der Waals surface area contributed by atoms with Crippen LogP contribution in [0.25, 0.3) is 5.69 Å². The zero-order chi connectivity index (χ0) is 17.1. The van der Waals surface area contributed by atoms with Gasteiger partial charge < -0.3 is 0 Å². The first-order chi connectivity index (χ1) is 10.6. The highest BCUT2D eigenvalue weighted by Crippen LogP contribution is 2.43. The average molecular weight is 393 g/mol. The van der Waals surface area contributed by atoms with Gasteiger partial charge in [0.15, 0.2) is 5.82 Å². The summed E-state index contributed by atoms with van der Waals surface area (Å²) in [5.74, 6) is -0.928. The lowest BCUT2D eigenvalue weighted by Gasteiger charge is -2.17. The van der Waals surface area contributed by atoms with Crippen LogP contribution in [0.5, 0.6) is 0 Å². The second-order valence-electron chi connectivity index (χ2n) is 5.70. The van der Waals surface area contributed by atoms with Crippen LogP contribution < -0.4 is 5.56 Å². The summed E-state index contributed by atoms with van der Waals surface area (Å²) in [4.78, 5) is 12.4. The van der Waals surface area contributed by atoms with Crippen LogP contribution in [-0.2, 0) is 13.2 Å². The van der Waals surface area contributed by atoms with Crippen molar-refractivity contribution in [2.45, 2.75) is 31.9 Å². The van der Waals surface area contributed by atoms with E-state index in [1.165, 1.54) is 18.7 Å². The number of nitrogens with zero attached hydrogens (tertiary/aromatic N) is 2. The van der Waals surface area contributed by atoms with E-state index in [0.29, 0.717) is 5.69 Å². The van der Waals surface area contributed by atoms with Gasteiger partial charge in [0.1, 0.15) is 10.2 Å². The summed E-state index contributed by atoms with van der Waals surface area (Å²) in [7, 11) is 1.47. The van der Waals surface area contributed by atoms with Gasteiger partial charge in [-0.25, -0.2) is 9.07 Å². The van der Waals surface area contributed by atoms with Crippen LogP contribution in [-0.4, -0.2) is 9.36 Å². The van der Waals surface area contributed by atoms with Crippen molar-refractivity contribution in [3.05, 3.63) is 49.6 Å². The molecule has 0 N–H and O–H groups in total. The molecule has 0 amide bonds. The van der Waals surface area contributed by atoms with E-state index in [4.69, 9.17) is 0 Å². The quantitative estimate of drug-likeness (QED) is 0.700. The van der Waals surface area contributed by atoms with Crippen molar-refractivity contribution in [1.29, 1.82) is 0 Å². The molecule has 0 unspecified atom stereocenters. The highest BCUT2D eigenvalue weighted by Gasteiger charge is 2.38. The van der Waals surface area contributed by atoms with Crippen molar-refractivity contribution in [3.8, 4) is 5.69 Å². The van der Waals surface area contributed by atoms with E-state index >= 15 is 0 Å². The minimum Gasteiger partial charge on any atom is -0.283 e. The van der Waals surface area contributed by atoms with Crippen LogP contribution in [0.3, 0.4) is 0 Å². The molecule has 3 nitrogen and oxygen atoms in total. The predicted octanol–water partition coefficient (Wildman–Crippen LogP) is 4.28. The van der Waals surface area contributed by atoms with Gasteiger partial charge in [-0.15, -0.1) is 0 Å². The number of hydrogen-bond donors (Lipinski definition) is 0. The Labute approximate surface area is 137 Å².